The van der Waals surface area contributed by atoms with Crippen LogP contribution in [0.5, 0.6) is 0 Å². The first kappa shape index (κ1) is 13.6. The topological polar surface area (TPSA) is 49.3 Å². The molecule has 1 aromatic rings. The summed E-state index contributed by atoms with van der Waals surface area (Å²) < 4.78 is 0. The van der Waals surface area contributed by atoms with E-state index >= 15 is 0 Å². The van der Waals surface area contributed by atoms with Gasteiger partial charge in [-0.05, 0) is 37.3 Å². The first-order valence-electron chi connectivity index (χ1n) is 5.97. The quantitative estimate of drug-likeness (QED) is 0.824. The molecule has 0 aliphatic heterocycles. The number of hydrogen-bond acceptors (Lipinski definition) is 2. The predicted molar refractivity (Wildman–Crippen MR) is 70.4 cm³/mol. The molecule has 0 aliphatic rings. The number of aryl methyl sites for hydroxylation is 2. The molecule has 3 nitrogen and oxygen atoms in total. The lowest BCUT2D eigenvalue weighted by Crippen LogP contribution is -2.31. The molecular weight excluding hydrogens is 214 g/mol. The van der Waals surface area contributed by atoms with Crippen molar-refractivity contribution in [1.29, 1.82) is 0 Å². The fourth-order valence-corrected chi connectivity index (χ4v) is 1.91. The van der Waals surface area contributed by atoms with E-state index in [1.165, 1.54) is 0 Å². The van der Waals surface area contributed by atoms with Gasteiger partial charge in [0.05, 0.1) is 0 Å². The van der Waals surface area contributed by atoms with Crippen molar-refractivity contribution >= 4 is 11.7 Å². The number of nitrogens with one attached hydrogen (secondary N) is 1. The Kier molecular flexibility index (Phi) is 4.55. The number of carboxylic acid groups (broad SMARTS) is 1. The standard InChI is InChI=1S/C14H21NO2/c1-9(2)8-12(14(16)17)15-13-10(3)6-5-7-11(13)4/h5-7,9,12,15H,8H2,1-4H3,(H,16,17). The second-order valence-electron chi connectivity index (χ2n) is 4.93. The van der Waals surface area contributed by atoms with Gasteiger partial charge in [0.25, 0.3) is 0 Å². The minimum Gasteiger partial charge on any atom is -0.480 e. The molecule has 1 rings (SSSR count). The lowest BCUT2D eigenvalue weighted by atomic mass is 10.0. The summed E-state index contributed by atoms with van der Waals surface area (Å²) in [4.78, 5) is 11.2. The summed E-state index contributed by atoms with van der Waals surface area (Å²) in [5.74, 6) is -0.436. The van der Waals surface area contributed by atoms with Crippen molar-refractivity contribution in [2.45, 2.75) is 40.2 Å². The highest BCUT2D eigenvalue weighted by Gasteiger charge is 2.19. The molecule has 94 valence electrons. The molecule has 0 aliphatic carbocycles. The van der Waals surface area contributed by atoms with Crippen LogP contribution in [0.3, 0.4) is 0 Å². The predicted octanol–water partition coefficient (Wildman–Crippen LogP) is 3.21. The molecule has 1 atom stereocenters. The van der Waals surface area contributed by atoms with Gasteiger partial charge in [0.15, 0.2) is 0 Å². The summed E-state index contributed by atoms with van der Waals surface area (Å²) >= 11 is 0. The van der Waals surface area contributed by atoms with E-state index in [9.17, 15) is 9.90 Å². The van der Waals surface area contributed by atoms with E-state index in [0.29, 0.717) is 12.3 Å². The van der Waals surface area contributed by atoms with Crippen molar-refractivity contribution in [1.82, 2.24) is 0 Å². The Morgan fingerprint density at radius 1 is 1.29 bits per heavy atom. The van der Waals surface area contributed by atoms with Gasteiger partial charge in [-0.1, -0.05) is 32.0 Å². The molecular formula is C14H21NO2. The molecule has 17 heavy (non-hydrogen) atoms. The fraction of sp³-hybridized carbons (Fsp3) is 0.500. The van der Waals surface area contributed by atoms with Crippen molar-refractivity contribution < 1.29 is 9.90 Å². The van der Waals surface area contributed by atoms with Crippen LogP contribution in [0, 0.1) is 19.8 Å². The molecule has 1 aromatic carbocycles. The van der Waals surface area contributed by atoms with Crippen LogP contribution < -0.4 is 5.32 Å². The fourth-order valence-electron chi connectivity index (χ4n) is 1.91. The third-order valence-corrected chi connectivity index (χ3v) is 2.80. The number of carbonyl (C=O) groups is 1. The first-order valence-corrected chi connectivity index (χ1v) is 5.97. The molecule has 0 radical (unpaired) electrons. The number of benzene rings is 1. The van der Waals surface area contributed by atoms with Crippen molar-refractivity contribution in [3.63, 3.8) is 0 Å². The van der Waals surface area contributed by atoms with Crippen LogP contribution in [0.15, 0.2) is 18.2 Å². The lowest BCUT2D eigenvalue weighted by molar-refractivity contribution is -0.138. The molecule has 0 bridgehead atoms. The van der Waals surface area contributed by atoms with Gasteiger partial charge in [-0.3, -0.25) is 0 Å². The number of anilines is 1. The monoisotopic (exact) mass is 235 g/mol. The van der Waals surface area contributed by atoms with Crippen molar-refractivity contribution in [3.05, 3.63) is 29.3 Å². The minimum atomic E-state index is -0.790. The van der Waals surface area contributed by atoms with Gasteiger partial charge in [0, 0.05) is 5.69 Å². The molecule has 2 N–H and O–H groups in total. The smallest absolute Gasteiger partial charge is 0.326 e. The zero-order valence-corrected chi connectivity index (χ0v) is 10.9. The third-order valence-electron chi connectivity index (χ3n) is 2.80. The zero-order chi connectivity index (χ0) is 13.0. The van der Waals surface area contributed by atoms with Gasteiger partial charge in [0.1, 0.15) is 6.04 Å². The minimum absolute atomic E-state index is 0.355. The maximum absolute atomic E-state index is 11.2. The molecule has 0 saturated carbocycles. The van der Waals surface area contributed by atoms with Gasteiger partial charge in [0.2, 0.25) is 0 Å². The van der Waals surface area contributed by atoms with E-state index in [4.69, 9.17) is 0 Å². The second-order valence-corrected chi connectivity index (χ2v) is 4.93. The molecule has 1 unspecified atom stereocenters. The van der Waals surface area contributed by atoms with Crippen LogP contribution in [-0.4, -0.2) is 17.1 Å². The van der Waals surface area contributed by atoms with Gasteiger partial charge < -0.3 is 10.4 Å². The van der Waals surface area contributed by atoms with Gasteiger partial charge in [-0.2, -0.15) is 0 Å². The Bertz CT molecular complexity index is 379. The number of rotatable bonds is 5. The highest BCUT2D eigenvalue weighted by atomic mass is 16.4. The SMILES string of the molecule is Cc1cccc(C)c1NC(CC(C)C)C(=O)O. The summed E-state index contributed by atoms with van der Waals surface area (Å²) in [5, 5.41) is 12.3. The molecule has 3 heteroatoms. The number of aliphatic carboxylic acids is 1. The van der Waals surface area contributed by atoms with E-state index in [-0.39, 0.29) is 0 Å². The zero-order valence-electron chi connectivity index (χ0n) is 10.9. The third kappa shape index (κ3) is 3.77. The van der Waals surface area contributed by atoms with Gasteiger partial charge in [-0.15, -0.1) is 0 Å². The first-order chi connectivity index (χ1) is 7.91. The van der Waals surface area contributed by atoms with Crippen molar-refractivity contribution in [2.75, 3.05) is 5.32 Å². The van der Waals surface area contributed by atoms with E-state index in [1.54, 1.807) is 0 Å². The highest BCUT2D eigenvalue weighted by molar-refractivity contribution is 5.78. The normalized spacial score (nSPS) is 12.5. The van der Waals surface area contributed by atoms with E-state index < -0.39 is 12.0 Å². The van der Waals surface area contributed by atoms with Crippen molar-refractivity contribution in [2.24, 2.45) is 5.92 Å². The molecule has 0 fully saturated rings. The van der Waals surface area contributed by atoms with Crippen LogP contribution in [0.4, 0.5) is 5.69 Å². The summed E-state index contributed by atoms with van der Waals surface area (Å²) in [5.41, 5.74) is 3.11. The average Bonchev–Trinajstić information content (AvgIpc) is 2.21. The summed E-state index contributed by atoms with van der Waals surface area (Å²) in [6.45, 7) is 8.04. The van der Waals surface area contributed by atoms with E-state index in [2.05, 4.69) is 5.32 Å². The maximum Gasteiger partial charge on any atom is 0.326 e. The maximum atomic E-state index is 11.2. The Labute approximate surface area is 103 Å². The largest absolute Gasteiger partial charge is 0.480 e. The Morgan fingerprint density at radius 3 is 2.24 bits per heavy atom. The second kappa shape index (κ2) is 5.71. The van der Waals surface area contributed by atoms with Crippen LogP contribution in [0.25, 0.3) is 0 Å². The van der Waals surface area contributed by atoms with Gasteiger partial charge >= 0.3 is 5.97 Å². The number of hydrogen-bond donors (Lipinski definition) is 2. The Morgan fingerprint density at radius 2 is 1.82 bits per heavy atom. The molecule has 0 spiro atoms. The summed E-state index contributed by atoms with van der Waals surface area (Å²) in [6, 6.07) is 5.44. The molecule has 0 heterocycles. The van der Waals surface area contributed by atoms with Crippen LogP contribution in [0.1, 0.15) is 31.4 Å². The number of carboxylic acids is 1. The van der Waals surface area contributed by atoms with Crippen LogP contribution >= 0.6 is 0 Å². The highest BCUT2D eigenvalue weighted by Crippen LogP contribution is 2.22. The van der Waals surface area contributed by atoms with E-state index in [0.717, 1.165) is 16.8 Å². The van der Waals surface area contributed by atoms with Gasteiger partial charge in [-0.25, -0.2) is 4.79 Å². The molecule has 0 aromatic heterocycles. The molecule has 0 saturated heterocycles. The Hall–Kier alpha value is -1.51. The van der Waals surface area contributed by atoms with E-state index in [1.807, 2.05) is 45.9 Å². The van der Waals surface area contributed by atoms with Crippen molar-refractivity contribution in [3.8, 4) is 0 Å². The summed E-state index contributed by atoms with van der Waals surface area (Å²) in [7, 11) is 0. The average molecular weight is 235 g/mol. The molecule has 0 amide bonds. The van der Waals surface area contributed by atoms with Crippen LogP contribution in [0.2, 0.25) is 0 Å². The lowest BCUT2D eigenvalue weighted by Gasteiger charge is -2.20. The number of para-hydroxylation sites is 1. The Balaban J connectivity index is 2.90. The van der Waals surface area contributed by atoms with Crippen LogP contribution in [-0.2, 0) is 4.79 Å². The summed E-state index contributed by atoms with van der Waals surface area (Å²) in [6.07, 6.45) is 0.628.